The van der Waals surface area contributed by atoms with Gasteiger partial charge >= 0.3 is 0 Å². The van der Waals surface area contributed by atoms with Gasteiger partial charge in [0.25, 0.3) is 15.9 Å². The molecule has 8 nitrogen and oxygen atoms in total. The minimum atomic E-state index is -4.00. The molecule has 9 heteroatoms. The summed E-state index contributed by atoms with van der Waals surface area (Å²) in [4.78, 5) is 40.0. The average molecular weight is 472 g/mol. The Morgan fingerprint density at radius 2 is 1.67 bits per heavy atom. The molecule has 2 unspecified atom stereocenters. The molecule has 0 saturated carbocycles. The van der Waals surface area contributed by atoms with Gasteiger partial charge in [-0.15, -0.1) is 0 Å². The van der Waals surface area contributed by atoms with Gasteiger partial charge in [-0.25, -0.2) is 12.7 Å². The predicted octanol–water partition coefficient (Wildman–Crippen LogP) is 2.55. The Balaban J connectivity index is 1.77. The van der Waals surface area contributed by atoms with Gasteiger partial charge in [0.2, 0.25) is 11.8 Å². The summed E-state index contributed by atoms with van der Waals surface area (Å²) in [5.41, 5.74) is 0.943. The lowest BCUT2D eigenvalue weighted by Crippen LogP contribution is -2.50. The number of amides is 3. The summed E-state index contributed by atoms with van der Waals surface area (Å²) in [6.45, 7) is 5.38. The van der Waals surface area contributed by atoms with Crippen LogP contribution in [0.15, 0.2) is 59.5 Å². The third kappa shape index (κ3) is 5.24. The van der Waals surface area contributed by atoms with Gasteiger partial charge in [-0.2, -0.15) is 0 Å². The molecule has 0 radical (unpaired) electrons. The summed E-state index contributed by atoms with van der Waals surface area (Å²) in [5.74, 6) is -1.34. The zero-order valence-corrected chi connectivity index (χ0v) is 19.8. The Labute approximate surface area is 194 Å². The molecule has 33 heavy (non-hydrogen) atoms. The lowest BCUT2D eigenvalue weighted by Gasteiger charge is -2.30. The van der Waals surface area contributed by atoms with E-state index in [0.717, 1.165) is 16.3 Å². The van der Waals surface area contributed by atoms with Crippen LogP contribution in [0, 0.1) is 0 Å². The fourth-order valence-electron chi connectivity index (χ4n) is 3.62. The quantitative estimate of drug-likeness (QED) is 0.605. The number of hydrogen-bond donors (Lipinski definition) is 1. The molecule has 2 aromatic carbocycles. The number of carbonyl (C=O) groups is 3. The Bertz CT molecular complexity index is 1130. The molecule has 0 saturated heterocycles. The SMILES string of the molecule is CCC(C)NC(=O)C(C)N(Cc1ccccc1)C(=O)CCN1C(=O)c2ccccc2S1(=O)=O. The zero-order chi connectivity index (χ0) is 24.2. The number of carbonyl (C=O) groups excluding carboxylic acids is 3. The van der Waals surface area contributed by atoms with Crippen molar-refractivity contribution in [2.75, 3.05) is 6.54 Å². The van der Waals surface area contributed by atoms with Gasteiger partial charge in [0.1, 0.15) is 10.9 Å². The number of nitrogens with one attached hydrogen (secondary N) is 1. The number of rotatable bonds is 9. The molecule has 3 rings (SSSR count). The van der Waals surface area contributed by atoms with E-state index in [1.54, 1.807) is 19.1 Å². The maximum atomic E-state index is 13.2. The fraction of sp³-hybridized carbons (Fsp3) is 0.375. The first kappa shape index (κ1) is 24.4. The van der Waals surface area contributed by atoms with Crippen molar-refractivity contribution in [3.05, 3.63) is 65.7 Å². The fourth-order valence-corrected chi connectivity index (χ4v) is 5.19. The molecule has 3 amide bonds. The molecule has 0 spiro atoms. The third-order valence-corrected chi connectivity index (χ3v) is 7.65. The maximum absolute atomic E-state index is 13.2. The van der Waals surface area contributed by atoms with Gasteiger partial charge in [-0.05, 0) is 38.0 Å². The second-order valence-electron chi connectivity index (χ2n) is 8.13. The van der Waals surface area contributed by atoms with E-state index in [1.165, 1.54) is 17.0 Å². The summed E-state index contributed by atoms with van der Waals surface area (Å²) in [5, 5.41) is 2.89. The molecule has 1 N–H and O–H groups in total. The van der Waals surface area contributed by atoms with Crippen molar-refractivity contribution >= 4 is 27.7 Å². The normalized spacial score (nSPS) is 16.1. The maximum Gasteiger partial charge on any atom is 0.269 e. The van der Waals surface area contributed by atoms with Gasteiger partial charge in [0, 0.05) is 25.6 Å². The van der Waals surface area contributed by atoms with E-state index in [0.29, 0.717) is 0 Å². The van der Waals surface area contributed by atoms with E-state index >= 15 is 0 Å². The lowest BCUT2D eigenvalue weighted by atomic mass is 10.1. The smallest absolute Gasteiger partial charge is 0.269 e. The molecule has 1 aliphatic heterocycles. The molecule has 176 valence electrons. The second-order valence-corrected chi connectivity index (χ2v) is 9.96. The first-order valence-electron chi connectivity index (χ1n) is 11.0. The summed E-state index contributed by atoms with van der Waals surface area (Å²) < 4.78 is 26.3. The van der Waals surface area contributed by atoms with Gasteiger partial charge in [-0.1, -0.05) is 49.4 Å². The van der Waals surface area contributed by atoms with Crippen molar-refractivity contribution in [2.45, 2.75) is 57.1 Å². The van der Waals surface area contributed by atoms with Crippen LogP contribution >= 0.6 is 0 Å². The largest absolute Gasteiger partial charge is 0.352 e. The van der Waals surface area contributed by atoms with E-state index < -0.39 is 27.9 Å². The van der Waals surface area contributed by atoms with Crippen molar-refractivity contribution < 1.29 is 22.8 Å². The van der Waals surface area contributed by atoms with Crippen LogP contribution in [0.4, 0.5) is 0 Å². The summed E-state index contributed by atoms with van der Waals surface area (Å²) in [6, 6.07) is 14.4. The molecule has 0 fully saturated rings. The molecule has 1 aliphatic rings. The van der Waals surface area contributed by atoms with Crippen molar-refractivity contribution in [3.8, 4) is 0 Å². The number of hydrogen-bond acceptors (Lipinski definition) is 5. The minimum Gasteiger partial charge on any atom is -0.352 e. The first-order valence-corrected chi connectivity index (χ1v) is 12.4. The summed E-state index contributed by atoms with van der Waals surface area (Å²) >= 11 is 0. The lowest BCUT2D eigenvalue weighted by molar-refractivity contribution is -0.140. The Kier molecular flexibility index (Phi) is 7.53. The van der Waals surface area contributed by atoms with Gasteiger partial charge in [-0.3, -0.25) is 14.4 Å². The first-order chi connectivity index (χ1) is 15.7. The van der Waals surface area contributed by atoms with E-state index in [1.807, 2.05) is 44.2 Å². The number of sulfonamides is 1. The zero-order valence-electron chi connectivity index (χ0n) is 19.0. The number of fused-ring (bicyclic) bond motifs is 1. The van der Waals surface area contributed by atoms with Crippen LogP contribution in [0.25, 0.3) is 0 Å². The standard InChI is InChI=1S/C24H29N3O5S/c1-4-17(2)25-23(29)18(3)26(16-19-10-6-5-7-11-19)22(28)14-15-27-24(30)20-12-8-9-13-21(20)33(27,31)32/h5-13,17-18H,4,14-16H2,1-3H3,(H,25,29). The van der Waals surface area contributed by atoms with Crippen LogP contribution in [-0.4, -0.2) is 54.0 Å². The Hall–Kier alpha value is -3.20. The van der Waals surface area contributed by atoms with Gasteiger partial charge < -0.3 is 10.2 Å². The van der Waals surface area contributed by atoms with Crippen LogP contribution in [0.5, 0.6) is 0 Å². The number of nitrogens with zero attached hydrogens (tertiary/aromatic N) is 2. The molecule has 0 aromatic heterocycles. The number of benzene rings is 2. The Morgan fingerprint density at radius 3 is 2.30 bits per heavy atom. The third-order valence-electron chi connectivity index (χ3n) is 5.80. The molecule has 2 atom stereocenters. The molecule has 2 aromatic rings. The topological polar surface area (TPSA) is 104 Å². The molecule has 1 heterocycles. The summed E-state index contributed by atoms with van der Waals surface area (Å²) in [6.07, 6.45) is 0.521. The van der Waals surface area contributed by atoms with Crippen LogP contribution in [0.3, 0.4) is 0 Å². The highest BCUT2D eigenvalue weighted by Gasteiger charge is 2.41. The van der Waals surface area contributed by atoms with Crippen molar-refractivity contribution in [3.63, 3.8) is 0 Å². The second kappa shape index (κ2) is 10.2. The highest BCUT2D eigenvalue weighted by Crippen LogP contribution is 2.30. The van der Waals surface area contributed by atoms with E-state index in [-0.39, 0.29) is 41.9 Å². The van der Waals surface area contributed by atoms with Gasteiger partial charge in [0.15, 0.2) is 0 Å². The van der Waals surface area contributed by atoms with Crippen LogP contribution in [-0.2, 0) is 26.2 Å². The Morgan fingerprint density at radius 1 is 1.03 bits per heavy atom. The average Bonchev–Trinajstić information content (AvgIpc) is 3.01. The molecule has 0 aliphatic carbocycles. The predicted molar refractivity (Wildman–Crippen MR) is 124 cm³/mol. The van der Waals surface area contributed by atoms with Crippen molar-refractivity contribution in [2.24, 2.45) is 0 Å². The van der Waals surface area contributed by atoms with E-state index in [2.05, 4.69) is 5.32 Å². The molecular weight excluding hydrogens is 442 g/mol. The van der Waals surface area contributed by atoms with Crippen LogP contribution in [0.2, 0.25) is 0 Å². The van der Waals surface area contributed by atoms with Crippen molar-refractivity contribution in [1.82, 2.24) is 14.5 Å². The monoisotopic (exact) mass is 471 g/mol. The highest BCUT2D eigenvalue weighted by atomic mass is 32.2. The van der Waals surface area contributed by atoms with Crippen molar-refractivity contribution in [1.29, 1.82) is 0 Å². The minimum absolute atomic E-state index is 0.0421. The van der Waals surface area contributed by atoms with Crippen LogP contribution < -0.4 is 5.32 Å². The van der Waals surface area contributed by atoms with E-state index in [4.69, 9.17) is 0 Å². The van der Waals surface area contributed by atoms with Crippen LogP contribution in [0.1, 0.15) is 49.5 Å². The molecule has 0 bridgehead atoms. The highest BCUT2D eigenvalue weighted by molar-refractivity contribution is 7.90. The molecular formula is C24H29N3O5S. The summed E-state index contributed by atoms with van der Waals surface area (Å²) in [7, 11) is -4.00. The van der Waals surface area contributed by atoms with Gasteiger partial charge in [0.05, 0.1) is 5.56 Å². The van der Waals surface area contributed by atoms with E-state index in [9.17, 15) is 22.8 Å².